The third-order valence-electron chi connectivity index (χ3n) is 1.20. The van der Waals surface area contributed by atoms with E-state index in [0.29, 0.717) is 0 Å². The van der Waals surface area contributed by atoms with Crippen LogP contribution in [0.3, 0.4) is 0 Å². The van der Waals surface area contributed by atoms with Crippen molar-refractivity contribution in [3.05, 3.63) is 0 Å². The quantitative estimate of drug-likeness (QED) is 0.212. The van der Waals surface area contributed by atoms with Gasteiger partial charge in [0.2, 0.25) is 0 Å². The first-order valence-corrected chi connectivity index (χ1v) is 2.44. The number of imide groups is 1. The monoisotopic (exact) mass is 147 g/mol. The Balaban J connectivity index is 2.96. The normalized spacial score (nSPS) is 30.5. The topological polar surface area (TPSA) is 107 Å². The average Bonchev–Trinajstić information content (AvgIpc) is 1.97. The van der Waals surface area contributed by atoms with Gasteiger partial charge in [0.1, 0.15) is 0 Å². The summed E-state index contributed by atoms with van der Waals surface area (Å²) in [7, 11) is 0. The van der Waals surface area contributed by atoms with Gasteiger partial charge in [0.05, 0.1) is 0 Å². The maximum Gasteiger partial charge on any atom is 0.290 e. The van der Waals surface area contributed by atoms with E-state index in [2.05, 4.69) is 0 Å². The van der Waals surface area contributed by atoms with E-state index in [1.807, 2.05) is 0 Å². The number of carbonyl (C=O) groups is 2. The largest absolute Gasteiger partial charge is 0.378 e. The van der Waals surface area contributed by atoms with Gasteiger partial charge < -0.3 is 15.3 Å². The summed E-state index contributed by atoms with van der Waals surface area (Å²) in [6, 6.07) is 0. The minimum absolute atomic E-state index is 1.10. The standard InChI is InChI=1S/C4H5NO5/c6-1-2(7)5-3(8)4(1,9)10/h1,6,9-10H,(H,5,7,8). The van der Waals surface area contributed by atoms with Gasteiger partial charge in [-0.05, 0) is 0 Å². The summed E-state index contributed by atoms with van der Waals surface area (Å²) >= 11 is 0. The second kappa shape index (κ2) is 1.75. The Bertz CT molecular complexity index is 198. The first-order valence-electron chi connectivity index (χ1n) is 2.44. The molecule has 1 fully saturated rings. The predicted octanol–water partition coefficient (Wildman–Crippen LogP) is -3.32. The lowest BCUT2D eigenvalue weighted by atomic mass is 10.2. The van der Waals surface area contributed by atoms with Crippen molar-refractivity contribution in [2.24, 2.45) is 0 Å². The van der Waals surface area contributed by atoms with Gasteiger partial charge >= 0.3 is 0 Å². The van der Waals surface area contributed by atoms with Gasteiger partial charge in [-0.1, -0.05) is 0 Å². The molecule has 1 aliphatic rings. The lowest BCUT2D eigenvalue weighted by Crippen LogP contribution is -2.45. The van der Waals surface area contributed by atoms with Crippen LogP contribution in [-0.2, 0) is 9.59 Å². The zero-order valence-electron chi connectivity index (χ0n) is 4.74. The Morgan fingerprint density at radius 2 is 1.90 bits per heavy atom. The first kappa shape index (κ1) is 7.13. The molecule has 0 aliphatic carbocycles. The number of amides is 2. The highest BCUT2D eigenvalue weighted by Gasteiger charge is 2.52. The van der Waals surface area contributed by atoms with Crippen LogP contribution in [0.1, 0.15) is 0 Å². The van der Waals surface area contributed by atoms with E-state index < -0.39 is 23.7 Å². The number of rotatable bonds is 0. The maximum atomic E-state index is 10.3. The fourth-order valence-electron chi connectivity index (χ4n) is 0.579. The number of hydrogen-bond acceptors (Lipinski definition) is 5. The van der Waals surface area contributed by atoms with Crippen LogP contribution in [0, 0.1) is 0 Å². The van der Waals surface area contributed by atoms with Crippen molar-refractivity contribution in [2.75, 3.05) is 0 Å². The average molecular weight is 147 g/mol. The Morgan fingerprint density at radius 3 is 2.00 bits per heavy atom. The van der Waals surface area contributed by atoms with Crippen LogP contribution < -0.4 is 5.32 Å². The molecule has 0 spiro atoms. The minimum Gasteiger partial charge on any atom is -0.378 e. The zero-order chi connectivity index (χ0) is 7.94. The molecule has 1 saturated heterocycles. The number of aliphatic hydroxyl groups is 3. The van der Waals surface area contributed by atoms with E-state index >= 15 is 0 Å². The van der Waals surface area contributed by atoms with Gasteiger partial charge in [-0.3, -0.25) is 14.9 Å². The van der Waals surface area contributed by atoms with Gasteiger partial charge in [0.15, 0.2) is 6.10 Å². The molecule has 0 saturated carbocycles. The van der Waals surface area contributed by atoms with Crippen molar-refractivity contribution in [1.29, 1.82) is 0 Å². The predicted molar refractivity (Wildman–Crippen MR) is 26.3 cm³/mol. The summed E-state index contributed by atoms with van der Waals surface area (Å²) in [6.07, 6.45) is -2.08. The lowest BCUT2D eigenvalue weighted by Gasteiger charge is -2.12. The molecule has 4 N–H and O–H groups in total. The molecular formula is C4H5NO5. The zero-order valence-corrected chi connectivity index (χ0v) is 4.74. The van der Waals surface area contributed by atoms with Crippen molar-refractivity contribution in [3.63, 3.8) is 0 Å². The van der Waals surface area contributed by atoms with Crippen molar-refractivity contribution in [1.82, 2.24) is 5.32 Å². The fraction of sp³-hybridized carbons (Fsp3) is 0.500. The van der Waals surface area contributed by atoms with Crippen LogP contribution in [0.4, 0.5) is 0 Å². The van der Waals surface area contributed by atoms with Crippen molar-refractivity contribution in [2.45, 2.75) is 11.9 Å². The summed E-state index contributed by atoms with van der Waals surface area (Å²) in [5.74, 6) is -5.36. The Hall–Kier alpha value is -0.980. The van der Waals surface area contributed by atoms with Gasteiger partial charge in [-0.25, -0.2) is 0 Å². The number of nitrogens with one attached hydrogen (secondary N) is 1. The third-order valence-corrected chi connectivity index (χ3v) is 1.20. The number of hydrogen-bond donors (Lipinski definition) is 4. The minimum atomic E-state index is -2.96. The summed E-state index contributed by atoms with van der Waals surface area (Å²) in [6.45, 7) is 0. The van der Waals surface area contributed by atoms with Crippen LogP contribution in [-0.4, -0.2) is 39.0 Å². The summed E-state index contributed by atoms with van der Waals surface area (Å²) in [5.41, 5.74) is 0. The van der Waals surface area contributed by atoms with E-state index in [0.717, 1.165) is 0 Å². The van der Waals surface area contributed by atoms with Gasteiger partial charge in [0, 0.05) is 0 Å². The maximum absolute atomic E-state index is 10.3. The number of carbonyl (C=O) groups excluding carboxylic acids is 2. The van der Waals surface area contributed by atoms with E-state index in [1.165, 1.54) is 5.32 Å². The van der Waals surface area contributed by atoms with Crippen molar-refractivity contribution in [3.8, 4) is 0 Å². The number of aliphatic hydroxyl groups excluding tert-OH is 1. The molecule has 0 bridgehead atoms. The molecule has 0 aromatic heterocycles. The fourth-order valence-corrected chi connectivity index (χ4v) is 0.579. The summed E-state index contributed by atoms with van der Waals surface area (Å²) in [4.78, 5) is 20.6. The Kier molecular flexibility index (Phi) is 1.25. The third kappa shape index (κ3) is 0.703. The van der Waals surface area contributed by atoms with Crippen LogP contribution in [0.15, 0.2) is 0 Å². The molecule has 1 aliphatic heterocycles. The highest BCUT2D eigenvalue weighted by Crippen LogP contribution is 2.12. The molecule has 2 amide bonds. The van der Waals surface area contributed by atoms with E-state index in [4.69, 9.17) is 15.3 Å². The van der Waals surface area contributed by atoms with E-state index in [-0.39, 0.29) is 0 Å². The van der Waals surface area contributed by atoms with Crippen LogP contribution in [0.5, 0.6) is 0 Å². The summed E-state index contributed by atoms with van der Waals surface area (Å²) < 4.78 is 0. The van der Waals surface area contributed by atoms with Crippen LogP contribution in [0.2, 0.25) is 0 Å². The van der Waals surface area contributed by atoms with Gasteiger partial charge in [0.25, 0.3) is 17.6 Å². The summed E-state index contributed by atoms with van der Waals surface area (Å²) in [5, 5.41) is 27.2. The second-order valence-corrected chi connectivity index (χ2v) is 1.95. The SMILES string of the molecule is O=C1NC(=O)C(O)(O)C1O. The van der Waals surface area contributed by atoms with Crippen molar-refractivity contribution >= 4 is 11.8 Å². The molecule has 0 radical (unpaired) electrons. The molecule has 1 unspecified atom stereocenters. The van der Waals surface area contributed by atoms with Crippen LogP contribution >= 0.6 is 0 Å². The highest BCUT2D eigenvalue weighted by molar-refractivity contribution is 6.09. The molecule has 1 heterocycles. The van der Waals surface area contributed by atoms with Crippen LogP contribution in [0.25, 0.3) is 0 Å². The first-order chi connectivity index (χ1) is 4.46. The molecule has 1 atom stereocenters. The molecule has 0 aromatic carbocycles. The lowest BCUT2D eigenvalue weighted by molar-refractivity contribution is -0.205. The van der Waals surface area contributed by atoms with Crippen molar-refractivity contribution < 1.29 is 24.9 Å². The Labute approximate surface area is 55.1 Å². The Morgan fingerprint density at radius 1 is 1.40 bits per heavy atom. The molecule has 56 valence electrons. The van der Waals surface area contributed by atoms with E-state index in [9.17, 15) is 9.59 Å². The van der Waals surface area contributed by atoms with Gasteiger partial charge in [-0.2, -0.15) is 0 Å². The highest BCUT2D eigenvalue weighted by atomic mass is 16.5. The molecule has 0 aromatic rings. The molecule has 6 heteroatoms. The van der Waals surface area contributed by atoms with E-state index in [1.54, 1.807) is 0 Å². The smallest absolute Gasteiger partial charge is 0.290 e. The molecule has 6 nitrogen and oxygen atoms in total. The second-order valence-electron chi connectivity index (χ2n) is 1.95. The molecule has 1 rings (SSSR count). The van der Waals surface area contributed by atoms with Gasteiger partial charge in [-0.15, -0.1) is 0 Å². The molecular weight excluding hydrogens is 142 g/mol. The molecule has 10 heavy (non-hydrogen) atoms.